The minimum atomic E-state index is -0.316. The average Bonchev–Trinajstić information content (AvgIpc) is 3.12. The Morgan fingerprint density at radius 1 is 1.15 bits per heavy atom. The summed E-state index contributed by atoms with van der Waals surface area (Å²) in [7, 11) is -0.303. The van der Waals surface area contributed by atoms with Gasteiger partial charge in [0.05, 0.1) is 11.2 Å². The highest BCUT2D eigenvalue weighted by Gasteiger charge is 2.51. The van der Waals surface area contributed by atoms with Gasteiger partial charge in [0.25, 0.3) is 0 Å². The smallest absolute Gasteiger partial charge is 0.399 e. The summed E-state index contributed by atoms with van der Waals surface area (Å²) in [4.78, 5) is 11.4. The number of benzene rings is 1. The Labute approximate surface area is 162 Å². The van der Waals surface area contributed by atoms with Crippen molar-refractivity contribution in [3.63, 3.8) is 0 Å². The van der Waals surface area contributed by atoms with E-state index in [1.807, 2.05) is 0 Å². The molecule has 1 aliphatic carbocycles. The van der Waals surface area contributed by atoms with Gasteiger partial charge in [-0.25, -0.2) is 0 Å². The van der Waals surface area contributed by atoms with Crippen LogP contribution in [0.2, 0.25) is 0 Å². The number of carbonyl (C=O) groups excluding carboxylic acids is 1. The van der Waals surface area contributed by atoms with Gasteiger partial charge in [0.15, 0.2) is 0 Å². The van der Waals surface area contributed by atoms with Crippen molar-refractivity contribution < 1.29 is 14.1 Å². The topological polar surface area (TPSA) is 59.6 Å². The molecule has 0 bridgehead atoms. The highest BCUT2D eigenvalue weighted by Crippen LogP contribution is 2.37. The van der Waals surface area contributed by atoms with E-state index in [2.05, 4.69) is 56.5 Å². The van der Waals surface area contributed by atoms with Gasteiger partial charge in [0, 0.05) is 25.0 Å². The Kier molecular flexibility index (Phi) is 4.85. The van der Waals surface area contributed by atoms with E-state index in [0.29, 0.717) is 12.5 Å². The molecule has 2 aliphatic heterocycles. The number of carbonyl (C=O) groups is 1. The summed E-state index contributed by atoms with van der Waals surface area (Å²) in [5, 5.41) is 6.72. The number of hydrogen-bond acceptors (Lipinski definition) is 4. The first-order chi connectivity index (χ1) is 12.7. The molecule has 2 heterocycles. The fourth-order valence-electron chi connectivity index (χ4n) is 4.29. The lowest BCUT2D eigenvalue weighted by molar-refractivity contribution is -0.119. The summed E-state index contributed by atoms with van der Waals surface area (Å²) in [6.07, 6.45) is 5.01. The number of rotatable bonds is 4. The van der Waals surface area contributed by atoms with Crippen LogP contribution < -0.4 is 16.1 Å². The SMILES string of the molecule is CC1(C)OB(c2ccc3c(c2)CCC[C@@H]3NC[C@@H]2CCC(=O)N2)OC1(C)C. The molecular formula is C21H31BN2O3. The number of amides is 1. The van der Waals surface area contributed by atoms with Gasteiger partial charge < -0.3 is 19.9 Å². The maximum Gasteiger partial charge on any atom is 0.494 e. The minimum absolute atomic E-state index is 0.179. The van der Waals surface area contributed by atoms with E-state index in [1.165, 1.54) is 17.5 Å². The predicted octanol–water partition coefficient (Wildman–Crippen LogP) is 2.23. The number of nitrogens with one attached hydrogen (secondary N) is 2. The van der Waals surface area contributed by atoms with Gasteiger partial charge in [0.1, 0.15) is 0 Å². The molecule has 0 saturated carbocycles. The molecule has 2 saturated heterocycles. The molecule has 0 unspecified atom stereocenters. The van der Waals surface area contributed by atoms with Crippen LogP contribution in [0.25, 0.3) is 0 Å². The molecule has 1 aromatic carbocycles. The Hall–Kier alpha value is -1.37. The molecular weight excluding hydrogens is 339 g/mol. The third-order valence-electron chi connectivity index (χ3n) is 6.70. The van der Waals surface area contributed by atoms with Gasteiger partial charge in [0.2, 0.25) is 5.91 Å². The Balaban J connectivity index is 1.46. The third-order valence-corrected chi connectivity index (χ3v) is 6.70. The van der Waals surface area contributed by atoms with Crippen LogP contribution in [0.1, 0.15) is 70.5 Å². The fraction of sp³-hybridized carbons (Fsp3) is 0.667. The maximum atomic E-state index is 11.4. The Morgan fingerprint density at radius 3 is 2.56 bits per heavy atom. The van der Waals surface area contributed by atoms with Crippen LogP contribution in [0.15, 0.2) is 18.2 Å². The molecule has 4 rings (SSSR count). The van der Waals surface area contributed by atoms with Gasteiger partial charge in [-0.15, -0.1) is 0 Å². The summed E-state index contributed by atoms with van der Waals surface area (Å²) < 4.78 is 12.4. The van der Waals surface area contributed by atoms with Crippen molar-refractivity contribution in [2.45, 2.75) is 83.1 Å². The second-order valence-electron chi connectivity index (χ2n) is 9.20. The van der Waals surface area contributed by atoms with Crippen LogP contribution in [0.5, 0.6) is 0 Å². The summed E-state index contributed by atoms with van der Waals surface area (Å²) in [6, 6.07) is 7.28. The largest absolute Gasteiger partial charge is 0.494 e. The first-order valence-electron chi connectivity index (χ1n) is 10.3. The van der Waals surface area contributed by atoms with E-state index in [1.54, 1.807) is 0 Å². The molecule has 5 nitrogen and oxygen atoms in total. The monoisotopic (exact) mass is 370 g/mol. The molecule has 146 valence electrons. The lowest BCUT2D eigenvalue weighted by Crippen LogP contribution is -2.41. The zero-order valence-electron chi connectivity index (χ0n) is 16.9. The standard InChI is InChI=1S/C21H31BN2O3/c1-20(2)21(3,4)27-22(26-20)15-8-10-17-14(12-15)6-5-7-18(17)23-13-16-9-11-19(25)24-16/h8,10,12,16,18,23H,5-7,9,11,13H2,1-4H3,(H,24,25)/t16-,18-/m0/s1. The molecule has 27 heavy (non-hydrogen) atoms. The second kappa shape index (κ2) is 6.91. The molecule has 2 N–H and O–H groups in total. The van der Waals surface area contributed by atoms with Crippen LogP contribution in [0.3, 0.4) is 0 Å². The predicted molar refractivity (Wildman–Crippen MR) is 107 cm³/mol. The minimum Gasteiger partial charge on any atom is -0.399 e. The lowest BCUT2D eigenvalue weighted by atomic mass is 9.75. The van der Waals surface area contributed by atoms with Crippen molar-refractivity contribution in [3.05, 3.63) is 29.3 Å². The third kappa shape index (κ3) is 3.67. The van der Waals surface area contributed by atoms with Gasteiger partial charge in [-0.1, -0.05) is 18.2 Å². The summed E-state index contributed by atoms with van der Waals surface area (Å²) >= 11 is 0. The highest BCUT2D eigenvalue weighted by atomic mass is 16.7. The van der Waals surface area contributed by atoms with Crippen molar-refractivity contribution in [2.24, 2.45) is 0 Å². The van der Waals surface area contributed by atoms with Gasteiger partial charge >= 0.3 is 7.12 Å². The zero-order valence-corrected chi connectivity index (χ0v) is 16.9. The van der Waals surface area contributed by atoms with Crippen molar-refractivity contribution in [1.82, 2.24) is 10.6 Å². The molecule has 6 heteroatoms. The van der Waals surface area contributed by atoms with E-state index in [0.717, 1.165) is 31.3 Å². The molecule has 1 aromatic rings. The van der Waals surface area contributed by atoms with E-state index < -0.39 is 0 Å². The molecule has 1 amide bonds. The second-order valence-corrected chi connectivity index (χ2v) is 9.20. The van der Waals surface area contributed by atoms with E-state index in [-0.39, 0.29) is 30.3 Å². The van der Waals surface area contributed by atoms with Crippen LogP contribution in [0.4, 0.5) is 0 Å². The van der Waals surface area contributed by atoms with Crippen LogP contribution in [0, 0.1) is 0 Å². The van der Waals surface area contributed by atoms with Crippen LogP contribution >= 0.6 is 0 Å². The van der Waals surface area contributed by atoms with Gasteiger partial charge in [-0.3, -0.25) is 4.79 Å². The number of hydrogen-bond donors (Lipinski definition) is 2. The molecule has 2 atom stereocenters. The fourth-order valence-corrected chi connectivity index (χ4v) is 4.29. The van der Waals surface area contributed by atoms with Crippen molar-refractivity contribution in [3.8, 4) is 0 Å². The van der Waals surface area contributed by atoms with Crippen molar-refractivity contribution in [1.29, 1.82) is 0 Å². The first kappa shape index (κ1) is 19.0. The van der Waals surface area contributed by atoms with Crippen molar-refractivity contribution >= 4 is 18.5 Å². The normalized spacial score (nSPS) is 28.9. The van der Waals surface area contributed by atoms with E-state index >= 15 is 0 Å². The average molecular weight is 370 g/mol. The summed E-state index contributed by atoms with van der Waals surface area (Å²) in [5.74, 6) is 0.179. The highest BCUT2D eigenvalue weighted by molar-refractivity contribution is 6.62. The maximum absolute atomic E-state index is 11.4. The summed E-state index contributed by atoms with van der Waals surface area (Å²) in [5.41, 5.74) is 3.25. The molecule has 0 radical (unpaired) electrons. The van der Waals surface area contributed by atoms with Gasteiger partial charge in [-0.05, 0) is 70.0 Å². The number of aryl methyl sites for hydroxylation is 1. The van der Waals surface area contributed by atoms with E-state index in [9.17, 15) is 4.79 Å². The molecule has 0 aromatic heterocycles. The van der Waals surface area contributed by atoms with E-state index in [4.69, 9.17) is 9.31 Å². The quantitative estimate of drug-likeness (QED) is 0.799. The van der Waals surface area contributed by atoms with Gasteiger partial charge in [-0.2, -0.15) is 0 Å². The Bertz CT molecular complexity index is 718. The molecule has 2 fully saturated rings. The van der Waals surface area contributed by atoms with Crippen LogP contribution in [-0.2, 0) is 20.5 Å². The number of fused-ring (bicyclic) bond motifs is 1. The lowest BCUT2D eigenvalue weighted by Gasteiger charge is -2.32. The molecule has 0 spiro atoms. The Morgan fingerprint density at radius 2 is 1.89 bits per heavy atom. The van der Waals surface area contributed by atoms with Crippen LogP contribution in [-0.4, -0.2) is 36.8 Å². The first-order valence-corrected chi connectivity index (χ1v) is 10.3. The zero-order chi connectivity index (χ0) is 19.2. The molecule has 3 aliphatic rings. The summed E-state index contributed by atoms with van der Waals surface area (Å²) in [6.45, 7) is 9.20. The van der Waals surface area contributed by atoms with Crippen molar-refractivity contribution in [2.75, 3.05) is 6.54 Å².